The summed E-state index contributed by atoms with van der Waals surface area (Å²) in [7, 11) is 0. The Morgan fingerprint density at radius 3 is 2.28 bits per heavy atom. The lowest BCUT2D eigenvalue weighted by atomic mass is 10.0. The van der Waals surface area contributed by atoms with Gasteiger partial charge in [-0.15, -0.1) is 0 Å². The van der Waals surface area contributed by atoms with Gasteiger partial charge in [-0.3, -0.25) is 4.79 Å². The minimum atomic E-state index is -0.429. The van der Waals surface area contributed by atoms with Gasteiger partial charge in [-0.05, 0) is 49.6 Å². The molecule has 3 aromatic rings. The molecule has 4 nitrogen and oxygen atoms in total. The van der Waals surface area contributed by atoms with E-state index in [1.807, 2.05) is 67.6 Å². The van der Waals surface area contributed by atoms with Crippen molar-refractivity contribution in [1.29, 1.82) is 0 Å². The van der Waals surface area contributed by atoms with Crippen LogP contribution < -0.4 is 15.4 Å². The lowest BCUT2D eigenvalue weighted by molar-refractivity contribution is -0.118. The average molecular weight is 389 g/mol. The molecule has 0 heterocycles. The Bertz CT molecular complexity index is 882. The van der Waals surface area contributed by atoms with Gasteiger partial charge in [0, 0.05) is 0 Å². The normalized spacial score (nSPS) is 11.6. The Balaban J connectivity index is 1.66. The summed E-state index contributed by atoms with van der Waals surface area (Å²) in [5, 5.41) is 6.45. The van der Waals surface area contributed by atoms with Crippen molar-refractivity contribution in [2.75, 3.05) is 18.5 Å². The minimum absolute atomic E-state index is 0.0944. The quantitative estimate of drug-likeness (QED) is 0.481. The first-order valence-electron chi connectivity index (χ1n) is 10.1. The topological polar surface area (TPSA) is 50.4 Å². The van der Waals surface area contributed by atoms with Crippen LogP contribution in [-0.4, -0.2) is 19.1 Å². The van der Waals surface area contributed by atoms with Gasteiger partial charge < -0.3 is 15.4 Å². The molecular formula is C25H28N2O2. The maximum atomic E-state index is 13.1. The van der Waals surface area contributed by atoms with E-state index in [-0.39, 0.29) is 5.91 Å². The molecule has 0 spiro atoms. The summed E-state index contributed by atoms with van der Waals surface area (Å²) in [5.41, 5.74) is 2.94. The Morgan fingerprint density at radius 1 is 0.897 bits per heavy atom. The third-order valence-electron chi connectivity index (χ3n) is 4.67. The Hall–Kier alpha value is -3.11. The third-order valence-corrected chi connectivity index (χ3v) is 4.67. The van der Waals surface area contributed by atoms with E-state index in [0.29, 0.717) is 18.0 Å². The van der Waals surface area contributed by atoms with E-state index in [1.54, 1.807) is 0 Å². The van der Waals surface area contributed by atoms with Gasteiger partial charge in [-0.1, -0.05) is 72.8 Å². The van der Waals surface area contributed by atoms with Gasteiger partial charge in [0.05, 0.1) is 12.3 Å². The molecule has 0 fully saturated rings. The van der Waals surface area contributed by atoms with Crippen LogP contribution >= 0.6 is 0 Å². The molecule has 1 amide bonds. The minimum Gasteiger partial charge on any atom is -0.492 e. The van der Waals surface area contributed by atoms with Crippen molar-refractivity contribution in [3.63, 3.8) is 0 Å². The Morgan fingerprint density at radius 2 is 1.55 bits per heavy atom. The maximum absolute atomic E-state index is 13.1. The van der Waals surface area contributed by atoms with Crippen molar-refractivity contribution in [2.24, 2.45) is 0 Å². The molecule has 0 saturated heterocycles. The molecule has 0 radical (unpaired) electrons. The molecule has 0 aromatic heterocycles. The zero-order valence-electron chi connectivity index (χ0n) is 16.8. The van der Waals surface area contributed by atoms with E-state index in [2.05, 4.69) is 34.9 Å². The SMILES string of the molecule is CCOc1ccccc1NC(=O)[C@H](NCCCc1ccccc1)c1ccccc1. The number of nitrogens with one attached hydrogen (secondary N) is 2. The van der Waals surface area contributed by atoms with Gasteiger partial charge in [-0.2, -0.15) is 0 Å². The summed E-state index contributed by atoms with van der Waals surface area (Å²) in [6.07, 6.45) is 1.93. The first-order chi connectivity index (χ1) is 14.3. The van der Waals surface area contributed by atoms with Crippen LogP contribution in [0, 0.1) is 0 Å². The predicted molar refractivity (Wildman–Crippen MR) is 118 cm³/mol. The number of amides is 1. The number of carbonyl (C=O) groups excluding carboxylic acids is 1. The molecule has 0 bridgehead atoms. The molecule has 29 heavy (non-hydrogen) atoms. The van der Waals surface area contributed by atoms with Crippen LogP contribution in [0.25, 0.3) is 0 Å². The summed E-state index contributed by atoms with van der Waals surface area (Å²) >= 11 is 0. The predicted octanol–water partition coefficient (Wildman–Crippen LogP) is 4.99. The van der Waals surface area contributed by atoms with Crippen molar-refractivity contribution < 1.29 is 9.53 Å². The largest absolute Gasteiger partial charge is 0.492 e. The van der Waals surface area contributed by atoms with E-state index >= 15 is 0 Å². The standard InChI is InChI=1S/C25H28N2O2/c1-2-29-23-18-10-9-17-22(23)27-25(28)24(21-15-7-4-8-16-21)26-19-11-14-20-12-5-3-6-13-20/h3-10,12-13,15-18,24,26H,2,11,14,19H2,1H3,(H,27,28)/t24-/m1/s1. The summed E-state index contributed by atoms with van der Waals surface area (Å²) in [5.74, 6) is 0.585. The number of hydrogen-bond acceptors (Lipinski definition) is 3. The Labute approximate surface area is 172 Å². The molecule has 0 aliphatic rings. The molecule has 0 aliphatic heterocycles. The highest BCUT2D eigenvalue weighted by molar-refractivity contribution is 5.96. The van der Waals surface area contributed by atoms with Crippen LogP contribution in [0.4, 0.5) is 5.69 Å². The fourth-order valence-corrected chi connectivity index (χ4v) is 3.25. The van der Waals surface area contributed by atoms with Crippen LogP contribution in [-0.2, 0) is 11.2 Å². The van der Waals surface area contributed by atoms with Gasteiger partial charge in [0.1, 0.15) is 11.8 Å². The van der Waals surface area contributed by atoms with Crippen molar-refractivity contribution >= 4 is 11.6 Å². The van der Waals surface area contributed by atoms with E-state index in [1.165, 1.54) is 5.56 Å². The van der Waals surface area contributed by atoms with E-state index in [9.17, 15) is 4.79 Å². The molecule has 3 aromatic carbocycles. The summed E-state index contributed by atoms with van der Waals surface area (Å²) < 4.78 is 5.64. The molecule has 2 N–H and O–H groups in total. The number of rotatable bonds is 10. The van der Waals surface area contributed by atoms with Crippen LogP contribution in [0.15, 0.2) is 84.9 Å². The molecule has 1 atom stereocenters. The second kappa shape index (κ2) is 11.0. The molecule has 0 aliphatic carbocycles. The molecule has 4 heteroatoms. The zero-order valence-corrected chi connectivity index (χ0v) is 16.8. The highest BCUT2D eigenvalue weighted by Crippen LogP contribution is 2.25. The number of carbonyl (C=O) groups is 1. The maximum Gasteiger partial charge on any atom is 0.246 e. The second-order valence-corrected chi connectivity index (χ2v) is 6.81. The van der Waals surface area contributed by atoms with Crippen molar-refractivity contribution in [3.8, 4) is 5.75 Å². The fraction of sp³-hybridized carbons (Fsp3) is 0.240. The smallest absolute Gasteiger partial charge is 0.246 e. The van der Waals surface area contributed by atoms with Gasteiger partial charge in [0.15, 0.2) is 0 Å². The first-order valence-corrected chi connectivity index (χ1v) is 10.1. The zero-order chi connectivity index (χ0) is 20.3. The molecule has 150 valence electrons. The van der Waals surface area contributed by atoms with Crippen LogP contribution in [0.5, 0.6) is 5.75 Å². The third kappa shape index (κ3) is 6.19. The van der Waals surface area contributed by atoms with Crippen LogP contribution in [0.2, 0.25) is 0 Å². The van der Waals surface area contributed by atoms with Gasteiger partial charge in [0.25, 0.3) is 0 Å². The first kappa shape index (κ1) is 20.6. The van der Waals surface area contributed by atoms with Gasteiger partial charge in [0.2, 0.25) is 5.91 Å². The number of para-hydroxylation sites is 2. The van der Waals surface area contributed by atoms with E-state index in [4.69, 9.17) is 4.74 Å². The van der Waals surface area contributed by atoms with Crippen LogP contribution in [0.1, 0.15) is 30.5 Å². The second-order valence-electron chi connectivity index (χ2n) is 6.81. The van der Waals surface area contributed by atoms with Gasteiger partial charge >= 0.3 is 0 Å². The summed E-state index contributed by atoms with van der Waals surface area (Å²) in [6, 6.07) is 27.3. The summed E-state index contributed by atoms with van der Waals surface area (Å²) in [6.45, 7) is 3.22. The van der Waals surface area contributed by atoms with E-state index < -0.39 is 6.04 Å². The highest BCUT2D eigenvalue weighted by atomic mass is 16.5. The molecular weight excluding hydrogens is 360 g/mol. The van der Waals surface area contributed by atoms with Crippen molar-refractivity contribution in [3.05, 3.63) is 96.1 Å². The Kier molecular flexibility index (Phi) is 7.84. The number of benzene rings is 3. The molecule has 3 rings (SSSR count). The van der Waals surface area contributed by atoms with Crippen molar-refractivity contribution in [2.45, 2.75) is 25.8 Å². The van der Waals surface area contributed by atoms with Crippen molar-refractivity contribution in [1.82, 2.24) is 5.32 Å². The fourth-order valence-electron chi connectivity index (χ4n) is 3.25. The molecule has 0 unspecified atom stereocenters. The monoisotopic (exact) mass is 388 g/mol. The number of anilines is 1. The summed E-state index contributed by atoms with van der Waals surface area (Å²) in [4.78, 5) is 13.1. The van der Waals surface area contributed by atoms with Gasteiger partial charge in [-0.25, -0.2) is 0 Å². The number of ether oxygens (including phenoxy) is 1. The molecule has 0 saturated carbocycles. The number of hydrogen-bond donors (Lipinski definition) is 2. The average Bonchev–Trinajstić information content (AvgIpc) is 2.76. The lowest BCUT2D eigenvalue weighted by Crippen LogP contribution is -2.34. The van der Waals surface area contributed by atoms with E-state index in [0.717, 1.165) is 24.9 Å². The van der Waals surface area contributed by atoms with Crippen LogP contribution in [0.3, 0.4) is 0 Å². The highest BCUT2D eigenvalue weighted by Gasteiger charge is 2.21. The number of aryl methyl sites for hydroxylation is 1. The lowest BCUT2D eigenvalue weighted by Gasteiger charge is -2.20.